The first-order chi connectivity index (χ1) is 13.1. The molecule has 1 aliphatic rings. The number of rotatable bonds is 4. The molecule has 27 heavy (non-hydrogen) atoms. The highest BCUT2D eigenvalue weighted by atomic mass is 16.5. The van der Waals surface area contributed by atoms with Gasteiger partial charge in [-0.15, -0.1) is 0 Å². The van der Waals surface area contributed by atoms with Crippen LogP contribution in [0.25, 0.3) is 22.6 Å². The van der Waals surface area contributed by atoms with Gasteiger partial charge in [-0.2, -0.15) is 0 Å². The standard InChI is InChI=1S/C21H21N3O3/c1-3-27-18-6-4-5-13(19(18)26-2)11-14-9-10-24-20(14)23-17-12-15(22)7-8-16(17)21(24)25/h4-8,11-12H,3,9-10,22H2,1-2H3/b14-11-. The number of ether oxygens (including phenoxy) is 2. The Morgan fingerprint density at radius 3 is 2.93 bits per heavy atom. The van der Waals surface area contributed by atoms with Crippen LogP contribution in [0.1, 0.15) is 24.7 Å². The fourth-order valence-corrected chi connectivity index (χ4v) is 3.49. The summed E-state index contributed by atoms with van der Waals surface area (Å²) in [5.41, 5.74) is 8.93. The number of fused-ring (bicyclic) bond motifs is 2. The number of nitrogens with zero attached hydrogens (tertiary/aromatic N) is 2. The summed E-state index contributed by atoms with van der Waals surface area (Å²) in [6.45, 7) is 3.11. The Balaban J connectivity index is 1.87. The molecule has 4 rings (SSSR count). The van der Waals surface area contributed by atoms with E-state index in [0.29, 0.717) is 47.1 Å². The number of hydrogen-bond donors (Lipinski definition) is 1. The maximum Gasteiger partial charge on any atom is 0.261 e. The van der Waals surface area contributed by atoms with Gasteiger partial charge in [0, 0.05) is 17.8 Å². The molecular weight excluding hydrogens is 342 g/mol. The molecule has 6 nitrogen and oxygen atoms in total. The summed E-state index contributed by atoms with van der Waals surface area (Å²) in [5.74, 6) is 2.06. The third kappa shape index (κ3) is 2.93. The Labute approximate surface area is 156 Å². The fraction of sp³-hybridized carbons (Fsp3) is 0.238. The lowest BCUT2D eigenvalue weighted by Crippen LogP contribution is -2.20. The number of anilines is 1. The van der Waals surface area contributed by atoms with E-state index in [4.69, 9.17) is 20.2 Å². The lowest BCUT2D eigenvalue weighted by Gasteiger charge is -2.12. The van der Waals surface area contributed by atoms with Crippen molar-refractivity contribution in [3.05, 3.63) is 58.1 Å². The van der Waals surface area contributed by atoms with Crippen molar-refractivity contribution in [2.24, 2.45) is 0 Å². The molecular formula is C21H21N3O3. The van der Waals surface area contributed by atoms with Gasteiger partial charge in [0.25, 0.3) is 5.56 Å². The Kier molecular flexibility index (Phi) is 4.32. The summed E-state index contributed by atoms with van der Waals surface area (Å²) in [5, 5.41) is 0.588. The summed E-state index contributed by atoms with van der Waals surface area (Å²) in [7, 11) is 1.63. The van der Waals surface area contributed by atoms with E-state index in [0.717, 1.165) is 17.6 Å². The number of para-hydroxylation sites is 1. The molecule has 1 aromatic heterocycles. The minimum absolute atomic E-state index is 0.0339. The predicted octanol–water partition coefficient (Wildman–Crippen LogP) is 3.33. The van der Waals surface area contributed by atoms with Crippen LogP contribution >= 0.6 is 0 Å². The largest absolute Gasteiger partial charge is 0.492 e. The van der Waals surface area contributed by atoms with Crippen molar-refractivity contribution in [3.63, 3.8) is 0 Å². The number of benzene rings is 2. The predicted molar refractivity (Wildman–Crippen MR) is 107 cm³/mol. The van der Waals surface area contributed by atoms with Crippen LogP contribution in [-0.2, 0) is 6.54 Å². The smallest absolute Gasteiger partial charge is 0.261 e. The van der Waals surface area contributed by atoms with Crippen molar-refractivity contribution < 1.29 is 9.47 Å². The van der Waals surface area contributed by atoms with Crippen LogP contribution in [0.15, 0.2) is 41.2 Å². The Bertz CT molecular complexity index is 1120. The van der Waals surface area contributed by atoms with E-state index < -0.39 is 0 Å². The summed E-state index contributed by atoms with van der Waals surface area (Å²) in [6.07, 6.45) is 2.75. The quantitative estimate of drug-likeness (QED) is 0.719. The van der Waals surface area contributed by atoms with E-state index in [9.17, 15) is 4.79 Å². The molecule has 0 spiro atoms. The zero-order chi connectivity index (χ0) is 19.0. The van der Waals surface area contributed by atoms with E-state index in [2.05, 4.69) is 0 Å². The van der Waals surface area contributed by atoms with E-state index in [1.54, 1.807) is 29.9 Å². The van der Waals surface area contributed by atoms with Gasteiger partial charge in [0.15, 0.2) is 11.5 Å². The van der Waals surface area contributed by atoms with Crippen LogP contribution in [0.4, 0.5) is 5.69 Å². The first kappa shape index (κ1) is 17.1. The Morgan fingerprint density at radius 2 is 2.15 bits per heavy atom. The summed E-state index contributed by atoms with van der Waals surface area (Å²) >= 11 is 0. The van der Waals surface area contributed by atoms with Crippen molar-refractivity contribution in [1.29, 1.82) is 0 Å². The molecule has 0 unspecified atom stereocenters. The first-order valence-corrected chi connectivity index (χ1v) is 8.93. The average molecular weight is 363 g/mol. The van der Waals surface area contributed by atoms with Crippen LogP contribution in [0.3, 0.4) is 0 Å². The van der Waals surface area contributed by atoms with E-state index in [-0.39, 0.29) is 5.56 Å². The number of allylic oxidation sites excluding steroid dienone is 1. The van der Waals surface area contributed by atoms with Crippen molar-refractivity contribution in [2.75, 3.05) is 19.5 Å². The third-order valence-electron chi connectivity index (χ3n) is 4.71. The maximum absolute atomic E-state index is 12.8. The number of nitrogens with two attached hydrogens (primary N) is 1. The zero-order valence-electron chi connectivity index (χ0n) is 15.4. The normalized spacial score (nSPS) is 14.5. The summed E-state index contributed by atoms with van der Waals surface area (Å²) in [4.78, 5) is 17.5. The first-order valence-electron chi connectivity index (χ1n) is 8.93. The Hall–Kier alpha value is -3.28. The lowest BCUT2D eigenvalue weighted by molar-refractivity contribution is 0.310. The maximum atomic E-state index is 12.8. The molecule has 1 aliphatic heterocycles. The van der Waals surface area contributed by atoms with Gasteiger partial charge < -0.3 is 15.2 Å². The summed E-state index contributed by atoms with van der Waals surface area (Å²) in [6, 6.07) is 11.0. The van der Waals surface area contributed by atoms with Crippen LogP contribution in [-0.4, -0.2) is 23.3 Å². The molecule has 0 bridgehead atoms. The number of methoxy groups -OCH3 is 1. The zero-order valence-corrected chi connectivity index (χ0v) is 15.4. The average Bonchev–Trinajstić information content (AvgIpc) is 3.05. The lowest BCUT2D eigenvalue weighted by atomic mass is 10.1. The van der Waals surface area contributed by atoms with Gasteiger partial charge in [-0.25, -0.2) is 4.98 Å². The molecule has 0 saturated heterocycles. The SMILES string of the molecule is CCOc1cccc(/C=C2/CCn3c2nc2cc(N)ccc2c3=O)c1OC. The van der Waals surface area contributed by atoms with E-state index >= 15 is 0 Å². The highest BCUT2D eigenvalue weighted by molar-refractivity contribution is 5.87. The van der Waals surface area contributed by atoms with Crippen molar-refractivity contribution in [3.8, 4) is 11.5 Å². The van der Waals surface area contributed by atoms with Crippen LogP contribution in [0.5, 0.6) is 11.5 Å². The van der Waals surface area contributed by atoms with Crippen LogP contribution < -0.4 is 20.8 Å². The molecule has 3 aromatic rings. The second-order valence-corrected chi connectivity index (χ2v) is 6.40. The van der Waals surface area contributed by atoms with E-state index in [1.165, 1.54) is 0 Å². The monoisotopic (exact) mass is 363 g/mol. The fourth-order valence-electron chi connectivity index (χ4n) is 3.49. The van der Waals surface area contributed by atoms with E-state index in [1.807, 2.05) is 31.2 Å². The van der Waals surface area contributed by atoms with Crippen LogP contribution in [0.2, 0.25) is 0 Å². The molecule has 2 heterocycles. The number of hydrogen-bond acceptors (Lipinski definition) is 5. The second-order valence-electron chi connectivity index (χ2n) is 6.40. The van der Waals surface area contributed by atoms with Crippen molar-refractivity contribution >= 4 is 28.2 Å². The molecule has 0 aliphatic carbocycles. The third-order valence-corrected chi connectivity index (χ3v) is 4.71. The van der Waals surface area contributed by atoms with Gasteiger partial charge in [-0.1, -0.05) is 12.1 Å². The minimum Gasteiger partial charge on any atom is -0.492 e. The van der Waals surface area contributed by atoms with Gasteiger partial charge in [-0.05, 0) is 49.3 Å². The van der Waals surface area contributed by atoms with Gasteiger partial charge in [0.2, 0.25) is 0 Å². The van der Waals surface area contributed by atoms with Gasteiger partial charge >= 0.3 is 0 Å². The number of aromatic nitrogens is 2. The molecule has 138 valence electrons. The van der Waals surface area contributed by atoms with Gasteiger partial charge in [0.05, 0.1) is 24.6 Å². The molecule has 0 saturated carbocycles. The molecule has 2 aromatic carbocycles. The topological polar surface area (TPSA) is 79.4 Å². The molecule has 0 amide bonds. The minimum atomic E-state index is -0.0339. The highest BCUT2D eigenvalue weighted by Crippen LogP contribution is 2.35. The van der Waals surface area contributed by atoms with Crippen molar-refractivity contribution in [2.45, 2.75) is 19.9 Å². The Morgan fingerprint density at radius 1 is 1.30 bits per heavy atom. The molecule has 0 atom stereocenters. The highest BCUT2D eigenvalue weighted by Gasteiger charge is 2.21. The van der Waals surface area contributed by atoms with Crippen molar-refractivity contribution in [1.82, 2.24) is 9.55 Å². The molecule has 0 radical (unpaired) electrons. The van der Waals surface area contributed by atoms with Crippen LogP contribution in [0, 0.1) is 0 Å². The second kappa shape index (κ2) is 6.79. The van der Waals surface area contributed by atoms with Gasteiger partial charge in [-0.3, -0.25) is 9.36 Å². The molecule has 0 fully saturated rings. The number of nitrogen functional groups attached to an aromatic ring is 1. The summed E-state index contributed by atoms with van der Waals surface area (Å²) < 4.78 is 12.9. The molecule has 2 N–H and O–H groups in total. The van der Waals surface area contributed by atoms with Gasteiger partial charge in [0.1, 0.15) is 5.82 Å². The molecule has 6 heteroatoms.